The van der Waals surface area contributed by atoms with E-state index in [1.54, 1.807) is 13.4 Å². The van der Waals surface area contributed by atoms with Crippen LogP contribution in [-0.2, 0) is 11.3 Å². The van der Waals surface area contributed by atoms with Crippen LogP contribution in [0.5, 0.6) is 0 Å². The minimum absolute atomic E-state index is 0.167. The van der Waals surface area contributed by atoms with Gasteiger partial charge in [0, 0.05) is 22.8 Å². The summed E-state index contributed by atoms with van der Waals surface area (Å²) in [6.07, 6.45) is 2.66. The van der Waals surface area contributed by atoms with Crippen LogP contribution in [0.2, 0.25) is 0 Å². The Hall–Kier alpha value is -1.26. The van der Waals surface area contributed by atoms with Crippen molar-refractivity contribution < 1.29 is 9.15 Å². The SMILES string of the molecule is CCC(Nc1cccc(Br)c1COC)c1ccco1. The molecule has 0 amide bonds. The lowest BCUT2D eigenvalue weighted by Crippen LogP contribution is -2.11. The number of halogens is 1. The van der Waals surface area contributed by atoms with Crippen LogP contribution in [0.15, 0.2) is 45.5 Å². The third-order valence-electron chi connectivity index (χ3n) is 3.03. The first-order valence-electron chi connectivity index (χ1n) is 6.32. The van der Waals surface area contributed by atoms with Gasteiger partial charge in [0.2, 0.25) is 0 Å². The molecular weight excluding hydrogens is 306 g/mol. The van der Waals surface area contributed by atoms with Gasteiger partial charge in [0.1, 0.15) is 5.76 Å². The highest BCUT2D eigenvalue weighted by Gasteiger charge is 2.14. The second-order valence-corrected chi connectivity index (χ2v) is 5.17. The summed E-state index contributed by atoms with van der Waals surface area (Å²) in [5.74, 6) is 0.950. The molecule has 1 atom stereocenters. The summed E-state index contributed by atoms with van der Waals surface area (Å²) in [7, 11) is 1.70. The maximum atomic E-state index is 5.48. The van der Waals surface area contributed by atoms with Crippen LogP contribution in [0, 0.1) is 0 Å². The summed E-state index contributed by atoms with van der Waals surface area (Å²) in [6, 6.07) is 10.2. The van der Waals surface area contributed by atoms with Gasteiger partial charge < -0.3 is 14.5 Å². The van der Waals surface area contributed by atoms with Crippen molar-refractivity contribution in [2.75, 3.05) is 12.4 Å². The van der Waals surface area contributed by atoms with Crippen LogP contribution < -0.4 is 5.32 Å². The summed E-state index contributed by atoms with van der Waals surface area (Å²) in [4.78, 5) is 0. The van der Waals surface area contributed by atoms with E-state index in [1.807, 2.05) is 24.3 Å². The molecule has 1 heterocycles. The van der Waals surface area contributed by atoms with E-state index in [9.17, 15) is 0 Å². The molecule has 0 fully saturated rings. The van der Waals surface area contributed by atoms with E-state index >= 15 is 0 Å². The summed E-state index contributed by atoms with van der Waals surface area (Å²) in [6.45, 7) is 2.70. The minimum Gasteiger partial charge on any atom is -0.467 e. The van der Waals surface area contributed by atoms with Gasteiger partial charge in [-0.2, -0.15) is 0 Å². The van der Waals surface area contributed by atoms with Gasteiger partial charge in [-0.15, -0.1) is 0 Å². The zero-order valence-electron chi connectivity index (χ0n) is 11.2. The van der Waals surface area contributed by atoms with Gasteiger partial charge in [-0.25, -0.2) is 0 Å². The summed E-state index contributed by atoms with van der Waals surface area (Å²) in [5, 5.41) is 3.52. The molecule has 0 aliphatic rings. The Morgan fingerprint density at radius 2 is 2.16 bits per heavy atom. The zero-order chi connectivity index (χ0) is 13.7. The molecule has 4 heteroatoms. The number of ether oxygens (including phenoxy) is 1. The number of methoxy groups -OCH3 is 1. The van der Waals surface area contributed by atoms with Gasteiger partial charge >= 0.3 is 0 Å². The van der Waals surface area contributed by atoms with Gasteiger partial charge in [-0.05, 0) is 30.7 Å². The summed E-state index contributed by atoms with van der Waals surface area (Å²) < 4.78 is 11.8. The lowest BCUT2D eigenvalue weighted by molar-refractivity contribution is 0.185. The fraction of sp³-hybridized carbons (Fsp3) is 0.333. The third-order valence-corrected chi connectivity index (χ3v) is 3.78. The molecule has 0 spiro atoms. The van der Waals surface area contributed by atoms with Crippen LogP contribution in [0.4, 0.5) is 5.69 Å². The fourth-order valence-electron chi connectivity index (χ4n) is 2.04. The van der Waals surface area contributed by atoms with Gasteiger partial charge in [0.15, 0.2) is 0 Å². The van der Waals surface area contributed by atoms with Gasteiger partial charge in [0.25, 0.3) is 0 Å². The number of anilines is 1. The molecule has 19 heavy (non-hydrogen) atoms. The highest BCUT2D eigenvalue weighted by molar-refractivity contribution is 9.10. The van der Waals surface area contributed by atoms with E-state index in [0.29, 0.717) is 6.61 Å². The van der Waals surface area contributed by atoms with Crippen molar-refractivity contribution in [3.8, 4) is 0 Å². The molecule has 1 aromatic carbocycles. The van der Waals surface area contributed by atoms with Gasteiger partial charge in [-0.1, -0.05) is 28.9 Å². The number of hydrogen-bond acceptors (Lipinski definition) is 3. The molecule has 1 unspecified atom stereocenters. The standard InChI is InChI=1S/C15H18BrNO2/c1-3-13(15-8-5-9-19-15)17-14-7-4-6-12(16)11(14)10-18-2/h4-9,13,17H,3,10H2,1-2H3. The number of benzene rings is 1. The number of furan rings is 1. The molecule has 1 N–H and O–H groups in total. The van der Waals surface area contributed by atoms with Crippen molar-refractivity contribution in [1.82, 2.24) is 0 Å². The molecule has 0 radical (unpaired) electrons. The van der Waals surface area contributed by atoms with Crippen LogP contribution in [0.3, 0.4) is 0 Å². The van der Waals surface area contributed by atoms with E-state index in [0.717, 1.165) is 27.9 Å². The number of hydrogen-bond donors (Lipinski definition) is 1. The topological polar surface area (TPSA) is 34.4 Å². The molecule has 3 nitrogen and oxygen atoms in total. The lowest BCUT2D eigenvalue weighted by Gasteiger charge is -2.19. The van der Waals surface area contributed by atoms with Crippen LogP contribution in [0.1, 0.15) is 30.7 Å². The maximum absolute atomic E-state index is 5.48. The molecule has 0 aliphatic carbocycles. The number of nitrogens with one attached hydrogen (secondary N) is 1. The Bertz CT molecular complexity index is 511. The van der Waals surface area contributed by atoms with Crippen molar-refractivity contribution in [2.24, 2.45) is 0 Å². The molecule has 2 rings (SSSR count). The first-order valence-corrected chi connectivity index (χ1v) is 7.11. The van der Waals surface area contributed by atoms with E-state index in [1.165, 1.54) is 0 Å². The Labute approximate surface area is 122 Å². The monoisotopic (exact) mass is 323 g/mol. The van der Waals surface area contributed by atoms with E-state index in [2.05, 4.69) is 34.2 Å². The van der Waals surface area contributed by atoms with Crippen LogP contribution in [-0.4, -0.2) is 7.11 Å². The third kappa shape index (κ3) is 3.39. The Morgan fingerprint density at radius 1 is 1.32 bits per heavy atom. The Kier molecular flexibility index (Phi) is 5.05. The summed E-state index contributed by atoms with van der Waals surface area (Å²) >= 11 is 3.57. The Balaban J connectivity index is 2.24. The van der Waals surface area contributed by atoms with Gasteiger partial charge in [0.05, 0.1) is 18.9 Å². The van der Waals surface area contributed by atoms with E-state index in [4.69, 9.17) is 9.15 Å². The predicted octanol–water partition coefficient (Wildman–Crippen LogP) is 4.75. The molecular formula is C15H18BrNO2. The smallest absolute Gasteiger partial charge is 0.125 e. The zero-order valence-corrected chi connectivity index (χ0v) is 12.7. The van der Waals surface area contributed by atoms with Crippen molar-refractivity contribution in [1.29, 1.82) is 0 Å². The first-order chi connectivity index (χ1) is 9.26. The maximum Gasteiger partial charge on any atom is 0.125 e. The van der Waals surface area contributed by atoms with Crippen molar-refractivity contribution >= 4 is 21.6 Å². The normalized spacial score (nSPS) is 12.4. The largest absolute Gasteiger partial charge is 0.467 e. The first kappa shape index (κ1) is 14.2. The second-order valence-electron chi connectivity index (χ2n) is 4.32. The molecule has 1 aromatic heterocycles. The van der Waals surface area contributed by atoms with E-state index < -0.39 is 0 Å². The highest BCUT2D eigenvalue weighted by Crippen LogP contribution is 2.30. The second kappa shape index (κ2) is 6.78. The molecule has 2 aromatic rings. The minimum atomic E-state index is 0.167. The van der Waals surface area contributed by atoms with Crippen LogP contribution in [0.25, 0.3) is 0 Å². The molecule has 0 saturated carbocycles. The number of rotatable bonds is 6. The molecule has 102 valence electrons. The molecule has 0 bridgehead atoms. The van der Waals surface area contributed by atoms with Gasteiger partial charge in [-0.3, -0.25) is 0 Å². The Morgan fingerprint density at radius 3 is 2.79 bits per heavy atom. The fourth-order valence-corrected chi connectivity index (χ4v) is 2.52. The van der Waals surface area contributed by atoms with Crippen molar-refractivity contribution in [3.05, 3.63) is 52.4 Å². The van der Waals surface area contributed by atoms with Crippen molar-refractivity contribution in [2.45, 2.75) is 26.0 Å². The quantitative estimate of drug-likeness (QED) is 0.832. The average molecular weight is 324 g/mol. The lowest BCUT2D eigenvalue weighted by atomic mass is 10.1. The highest BCUT2D eigenvalue weighted by atomic mass is 79.9. The predicted molar refractivity (Wildman–Crippen MR) is 80.2 cm³/mol. The van der Waals surface area contributed by atoms with Crippen LogP contribution >= 0.6 is 15.9 Å². The van der Waals surface area contributed by atoms with E-state index in [-0.39, 0.29) is 6.04 Å². The molecule has 0 saturated heterocycles. The van der Waals surface area contributed by atoms with Crippen molar-refractivity contribution in [3.63, 3.8) is 0 Å². The molecule has 0 aliphatic heterocycles. The average Bonchev–Trinajstić information content (AvgIpc) is 2.93. The summed E-state index contributed by atoms with van der Waals surface area (Å²) in [5.41, 5.74) is 2.19.